The minimum atomic E-state index is -3.00. The SMILES string of the molecule is Cc1cc(C)cc(C(=O)N2CCN(C(=O)c3ccccc3OC(F)F)CC2)c1. The lowest BCUT2D eigenvalue weighted by Gasteiger charge is -2.35. The average molecular weight is 388 g/mol. The Morgan fingerprint density at radius 1 is 0.893 bits per heavy atom. The highest BCUT2D eigenvalue weighted by Crippen LogP contribution is 2.23. The fourth-order valence-corrected chi connectivity index (χ4v) is 3.41. The summed E-state index contributed by atoms with van der Waals surface area (Å²) >= 11 is 0. The second-order valence-electron chi connectivity index (χ2n) is 6.84. The van der Waals surface area contributed by atoms with Gasteiger partial charge in [-0.3, -0.25) is 9.59 Å². The fourth-order valence-electron chi connectivity index (χ4n) is 3.41. The van der Waals surface area contributed by atoms with E-state index in [1.54, 1.807) is 15.9 Å². The van der Waals surface area contributed by atoms with Gasteiger partial charge in [0.2, 0.25) is 0 Å². The molecule has 1 saturated heterocycles. The van der Waals surface area contributed by atoms with Crippen LogP contribution < -0.4 is 4.74 Å². The van der Waals surface area contributed by atoms with Gasteiger partial charge in [0, 0.05) is 31.7 Å². The van der Waals surface area contributed by atoms with Crippen LogP contribution >= 0.6 is 0 Å². The molecule has 1 aliphatic rings. The molecule has 1 heterocycles. The van der Waals surface area contributed by atoms with Crippen molar-refractivity contribution in [3.8, 4) is 5.75 Å². The maximum absolute atomic E-state index is 12.7. The minimum Gasteiger partial charge on any atom is -0.434 e. The molecular weight excluding hydrogens is 366 g/mol. The molecule has 0 N–H and O–H groups in total. The normalized spacial score (nSPS) is 14.3. The molecule has 148 valence electrons. The summed E-state index contributed by atoms with van der Waals surface area (Å²) in [6, 6.07) is 11.7. The first-order chi connectivity index (χ1) is 13.3. The number of hydrogen-bond acceptors (Lipinski definition) is 3. The van der Waals surface area contributed by atoms with Gasteiger partial charge < -0.3 is 14.5 Å². The minimum absolute atomic E-state index is 0.0691. The first-order valence-electron chi connectivity index (χ1n) is 9.06. The molecule has 1 aliphatic heterocycles. The van der Waals surface area contributed by atoms with Gasteiger partial charge >= 0.3 is 6.61 Å². The van der Waals surface area contributed by atoms with Crippen molar-refractivity contribution in [1.29, 1.82) is 0 Å². The van der Waals surface area contributed by atoms with Crippen LogP contribution in [0.4, 0.5) is 8.78 Å². The van der Waals surface area contributed by atoms with Crippen LogP contribution in [0.1, 0.15) is 31.8 Å². The predicted molar refractivity (Wildman–Crippen MR) is 101 cm³/mol. The van der Waals surface area contributed by atoms with Crippen LogP contribution in [0, 0.1) is 13.8 Å². The monoisotopic (exact) mass is 388 g/mol. The molecule has 0 aliphatic carbocycles. The van der Waals surface area contributed by atoms with Gasteiger partial charge in [-0.05, 0) is 38.1 Å². The van der Waals surface area contributed by atoms with Gasteiger partial charge in [-0.25, -0.2) is 0 Å². The van der Waals surface area contributed by atoms with E-state index in [0.717, 1.165) is 11.1 Å². The fraction of sp³-hybridized carbons (Fsp3) is 0.333. The number of hydrogen-bond donors (Lipinski definition) is 0. The molecule has 0 saturated carbocycles. The number of ether oxygens (including phenoxy) is 1. The first kappa shape index (κ1) is 19.8. The molecular formula is C21H22F2N2O3. The van der Waals surface area contributed by atoms with Crippen LogP contribution in [-0.2, 0) is 0 Å². The van der Waals surface area contributed by atoms with Gasteiger partial charge in [0.1, 0.15) is 5.75 Å². The van der Waals surface area contributed by atoms with Crippen molar-refractivity contribution in [3.05, 3.63) is 64.7 Å². The van der Waals surface area contributed by atoms with Crippen molar-refractivity contribution in [2.45, 2.75) is 20.5 Å². The van der Waals surface area contributed by atoms with E-state index in [9.17, 15) is 18.4 Å². The Morgan fingerprint density at radius 2 is 1.43 bits per heavy atom. The molecule has 3 rings (SSSR count). The predicted octanol–water partition coefficient (Wildman–Crippen LogP) is 3.50. The summed E-state index contributed by atoms with van der Waals surface area (Å²) < 4.78 is 29.6. The largest absolute Gasteiger partial charge is 0.434 e. The summed E-state index contributed by atoms with van der Waals surface area (Å²) in [5, 5.41) is 0. The van der Waals surface area contributed by atoms with Gasteiger partial charge in [-0.15, -0.1) is 0 Å². The van der Waals surface area contributed by atoms with Crippen molar-refractivity contribution in [3.63, 3.8) is 0 Å². The molecule has 28 heavy (non-hydrogen) atoms. The van der Waals surface area contributed by atoms with E-state index in [4.69, 9.17) is 0 Å². The Hall–Kier alpha value is -2.96. The van der Waals surface area contributed by atoms with Gasteiger partial charge in [-0.1, -0.05) is 29.3 Å². The van der Waals surface area contributed by atoms with Crippen LogP contribution in [0.5, 0.6) is 5.75 Å². The van der Waals surface area contributed by atoms with E-state index in [1.807, 2.05) is 32.0 Å². The van der Waals surface area contributed by atoms with Crippen LogP contribution in [0.25, 0.3) is 0 Å². The second-order valence-corrected chi connectivity index (χ2v) is 6.84. The molecule has 0 atom stereocenters. The molecule has 2 aromatic carbocycles. The number of aryl methyl sites for hydroxylation is 2. The smallest absolute Gasteiger partial charge is 0.387 e. The number of benzene rings is 2. The number of carbonyl (C=O) groups is 2. The summed E-state index contributed by atoms with van der Waals surface area (Å²) in [5.41, 5.74) is 2.77. The highest BCUT2D eigenvalue weighted by atomic mass is 19.3. The van der Waals surface area contributed by atoms with Crippen LogP contribution in [0.2, 0.25) is 0 Å². The molecule has 5 nitrogen and oxygen atoms in total. The highest BCUT2D eigenvalue weighted by molar-refractivity contribution is 5.97. The third-order valence-corrected chi connectivity index (χ3v) is 4.66. The van der Waals surface area contributed by atoms with Crippen LogP contribution in [0.3, 0.4) is 0 Å². The van der Waals surface area contributed by atoms with Crippen molar-refractivity contribution < 1.29 is 23.1 Å². The molecule has 0 bridgehead atoms. The maximum Gasteiger partial charge on any atom is 0.387 e. The number of amides is 2. The maximum atomic E-state index is 12.7. The van der Waals surface area contributed by atoms with E-state index >= 15 is 0 Å². The zero-order valence-electron chi connectivity index (χ0n) is 15.8. The summed E-state index contributed by atoms with van der Waals surface area (Å²) in [6.45, 7) is 2.32. The molecule has 2 aromatic rings. The quantitative estimate of drug-likeness (QED) is 0.806. The second kappa shape index (κ2) is 8.37. The zero-order valence-corrected chi connectivity index (χ0v) is 15.8. The topological polar surface area (TPSA) is 49.9 Å². The van der Waals surface area contributed by atoms with Gasteiger partial charge in [0.25, 0.3) is 11.8 Å². The molecule has 7 heteroatoms. The molecule has 0 radical (unpaired) electrons. The Balaban J connectivity index is 1.67. The van der Waals surface area contributed by atoms with Crippen molar-refractivity contribution in [2.75, 3.05) is 26.2 Å². The number of piperazine rings is 1. The third kappa shape index (κ3) is 4.47. The molecule has 0 aromatic heterocycles. The van der Waals surface area contributed by atoms with Gasteiger partial charge in [0.15, 0.2) is 0 Å². The molecule has 1 fully saturated rings. The number of rotatable bonds is 4. The lowest BCUT2D eigenvalue weighted by molar-refractivity contribution is -0.0503. The lowest BCUT2D eigenvalue weighted by Crippen LogP contribution is -2.50. The Bertz CT molecular complexity index is 857. The summed E-state index contributed by atoms with van der Waals surface area (Å²) in [5.74, 6) is -0.591. The van der Waals surface area contributed by atoms with E-state index < -0.39 is 6.61 Å². The van der Waals surface area contributed by atoms with E-state index in [-0.39, 0.29) is 23.1 Å². The zero-order chi connectivity index (χ0) is 20.3. The van der Waals surface area contributed by atoms with E-state index in [1.165, 1.54) is 18.2 Å². The molecule has 0 spiro atoms. The number of carbonyl (C=O) groups excluding carboxylic acids is 2. The van der Waals surface area contributed by atoms with E-state index in [0.29, 0.717) is 31.7 Å². The van der Waals surface area contributed by atoms with Crippen LogP contribution in [0.15, 0.2) is 42.5 Å². The van der Waals surface area contributed by atoms with Crippen molar-refractivity contribution in [1.82, 2.24) is 9.80 Å². The third-order valence-electron chi connectivity index (χ3n) is 4.66. The average Bonchev–Trinajstić information content (AvgIpc) is 2.66. The summed E-state index contributed by atoms with van der Waals surface area (Å²) in [6.07, 6.45) is 0. The highest BCUT2D eigenvalue weighted by Gasteiger charge is 2.27. The molecule has 0 unspecified atom stereocenters. The van der Waals surface area contributed by atoms with Gasteiger partial charge in [-0.2, -0.15) is 8.78 Å². The lowest BCUT2D eigenvalue weighted by atomic mass is 10.1. The van der Waals surface area contributed by atoms with Crippen molar-refractivity contribution in [2.24, 2.45) is 0 Å². The first-order valence-corrected chi connectivity index (χ1v) is 9.06. The summed E-state index contributed by atoms with van der Waals surface area (Å²) in [4.78, 5) is 28.7. The Kier molecular flexibility index (Phi) is 5.92. The summed E-state index contributed by atoms with van der Waals surface area (Å²) in [7, 11) is 0. The van der Waals surface area contributed by atoms with Crippen molar-refractivity contribution >= 4 is 11.8 Å². The van der Waals surface area contributed by atoms with E-state index in [2.05, 4.69) is 4.74 Å². The Morgan fingerprint density at radius 3 is 2.00 bits per heavy atom. The van der Waals surface area contributed by atoms with Gasteiger partial charge in [0.05, 0.1) is 5.56 Å². The number of para-hydroxylation sites is 1. The standard InChI is InChI=1S/C21H22F2N2O3/c1-14-11-15(2)13-16(12-14)19(26)24-7-9-25(10-8-24)20(27)17-5-3-4-6-18(17)28-21(22)23/h3-6,11-13,21H,7-10H2,1-2H3. The number of halogens is 2. The van der Waals surface area contributed by atoms with Crippen LogP contribution in [-0.4, -0.2) is 54.4 Å². The number of alkyl halides is 2. The molecule has 2 amide bonds. The Labute approximate surface area is 162 Å². The number of nitrogens with zero attached hydrogens (tertiary/aromatic N) is 2.